The van der Waals surface area contributed by atoms with E-state index in [1.807, 2.05) is 28.8 Å². The van der Waals surface area contributed by atoms with E-state index in [2.05, 4.69) is 15.2 Å². The van der Waals surface area contributed by atoms with Crippen molar-refractivity contribution < 1.29 is 8.42 Å². The minimum Gasteiger partial charge on any atom is -0.351 e. The van der Waals surface area contributed by atoms with Crippen LogP contribution in [-0.2, 0) is 16.6 Å². The molecule has 0 aliphatic rings. The summed E-state index contributed by atoms with van der Waals surface area (Å²) >= 11 is 0. The average molecular weight is 318 g/mol. The Balaban J connectivity index is 1.97. The van der Waals surface area contributed by atoms with Crippen LogP contribution in [0.1, 0.15) is 5.82 Å². The highest BCUT2D eigenvalue weighted by Gasteiger charge is 2.19. The van der Waals surface area contributed by atoms with Crippen LogP contribution in [0.3, 0.4) is 0 Å². The van der Waals surface area contributed by atoms with Crippen LogP contribution < -0.4 is 10.0 Å². The molecule has 0 unspecified atom stereocenters. The molecule has 2 N–H and O–H groups in total. The van der Waals surface area contributed by atoms with Gasteiger partial charge in [-0.25, -0.2) is 18.5 Å². The van der Waals surface area contributed by atoms with Crippen LogP contribution in [0, 0.1) is 0 Å². The van der Waals surface area contributed by atoms with E-state index >= 15 is 0 Å². The van der Waals surface area contributed by atoms with Gasteiger partial charge in [0.05, 0.1) is 6.54 Å². The van der Waals surface area contributed by atoms with E-state index in [1.54, 1.807) is 11.9 Å². The number of aromatic nitrogens is 4. The summed E-state index contributed by atoms with van der Waals surface area (Å²) in [6.07, 6.45) is 3.36. The standard InChI is InChI=1S/C13H14N6O2S/c1-18(13-10(22(14,20)21)5-4-7-15-13)9-12-17-16-11-6-2-3-8-19(11)12/h2-8H,9H2,1H3,(H2,14,20,21). The third-order valence-corrected chi connectivity index (χ3v) is 4.11. The molecule has 3 rings (SSSR count). The molecule has 22 heavy (non-hydrogen) atoms. The fourth-order valence-corrected chi connectivity index (χ4v) is 2.91. The SMILES string of the molecule is CN(Cc1nnc2ccccn12)c1ncccc1S(N)(=O)=O. The summed E-state index contributed by atoms with van der Waals surface area (Å²) in [5, 5.41) is 13.4. The van der Waals surface area contributed by atoms with E-state index in [9.17, 15) is 8.42 Å². The van der Waals surface area contributed by atoms with Crippen molar-refractivity contribution in [1.29, 1.82) is 0 Å². The number of fused-ring (bicyclic) bond motifs is 1. The van der Waals surface area contributed by atoms with Crippen LogP contribution in [0.25, 0.3) is 5.65 Å². The van der Waals surface area contributed by atoms with Crippen molar-refractivity contribution >= 4 is 21.5 Å². The zero-order valence-electron chi connectivity index (χ0n) is 11.8. The maximum Gasteiger partial charge on any atom is 0.241 e. The quantitative estimate of drug-likeness (QED) is 0.746. The first kappa shape index (κ1) is 14.4. The van der Waals surface area contributed by atoms with Gasteiger partial charge in [-0.15, -0.1) is 10.2 Å². The molecule has 114 valence electrons. The predicted octanol–water partition coefficient (Wildman–Crippen LogP) is 0.408. The molecule has 0 saturated carbocycles. The fourth-order valence-electron chi connectivity index (χ4n) is 2.18. The van der Waals surface area contributed by atoms with Crippen LogP contribution in [0.5, 0.6) is 0 Å². The molecule has 0 fully saturated rings. The lowest BCUT2D eigenvalue weighted by Crippen LogP contribution is -2.24. The number of anilines is 1. The zero-order valence-corrected chi connectivity index (χ0v) is 12.6. The van der Waals surface area contributed by atoms with Gasteiger partial charge in [-0.2, -0.15) is 0 Å². The molecule has 0 bridgehead atoms. The summed E-state index contributed by atoms with van der Waals surface area (Å²) < 4.78 is 25.1. The van der Waals surface area contributed by atoms with Crippen molar-refractivity contribution in [1.82, 2.24) is 19.6 Å². The van der Waals surface area contributed by atoms with E-state index in [4.69, 9.17) is 5.14 Å². The van der Waals surface area contributed by atoms with Gasteiger partial charge in [0.15, 0.2) is 11.5 Å². The largest absolute Gasteiger partial charge is 0.351 e. The summed E-state index contributed by atoms with van der Waals surface area (Å²) in [6, 6.07) is 8.54. The second kappa shape index (κ2) is 5.35. The van der Waals surface area contributed by atoms with Gasteiger partial charge >= 0.3 is 0 Å². The summed E-state index contributed by atoms with van der Waals surface area (Å²) in [7, 11) is -2.12. The van der Waals surface area contributed by atoms with Gasteiger partial charge in [-0.1, -0.05) is 6.07 Å². The number of rotatable bonds is 4. The molecule has 0 amide bonds. The lowest BCUT2D eigenvalue weighted by Gasteiger charge is -2.19. The molecule has 3 aromatic rings. The molecular weight excluding hydrogens is 304 g/mol. The van der Waals surface area contributed by atoms with Crippen LogP contribution in [0.15, 0.2) is 47.6 Å². The monoisotopic (exact) mass is 318 g/mol. The van der Waals surface area contributed by atoms with Gasteiger partial charge < -0.3 is 4.90 Å². The van der Waals surface area contributed by atoms with E-state index in [-0.39, 0.29) is 10.7 Å². The van der Waals surface area contributed by atoms with Crippen molar-refractivity contribution in [2.75, 3.05) is 11.9 Å². The van der Waals surface area contributed by atoms with E-state index in [1.165, 1.54) is 18.3 Å². The number of hydrogen-bond acceptors (Lipinski definition) is 6. The Labute approximate surface area is 127 Å². The average Bonchev–Trinajstić information content (AvgIpc) is 2.90. The molecule has 9 heteroatoms. The lowest BCUT2D eigenvalue weighted by molar-refractivity contribution is 0.597. The zero-order chi connectivity index (χ0) is 15.7. The van der Waals surface area contributed by atoms with Crippen LogP contribution >= 0.6 is 0 Å². The smallest absolute Gasteiger partial charge is 0.241 e. The summed E-state index contributed by atoms with van der Waals surface area (Å²) in [6.45, 7) is 0.338. The van der Waals surface area contributed by atoms with Crippen LogP contribution in [0.2, 0.25) is 0 Å². The minimum atomic E-state index is -3.85. The number of nitrogens with zero attached hydrogens (tertiary/aromatic N) is 5. The Hall–Kier alpha value is -2.52. The van der Waals surface area contributed by atoms with Crippen molar-refractivity contribution in [3.63, 3.8) is 0 Å². The van der Waals surface area contributed by atoms with Crippen molar-refractivity contribution in [2.24, 2.45) is 5.14 Å². The molecular formula is C13H14N6O2S. The highest BCUT2D eigenvalue weighted by molar-refractivity contribution is 7.89. The number of hydrogen-bond donors (Lipinski definition) is 1. The highest BCUT2D eigenvalue weighted by Crippen LogP contribution is 2.21. The first-order valence-corrected chi connectivity index (χ1v) is 7.99. The first-order valence-electron chi connectivity index (χ1n) is 6.44. The number of nitrogens with two attached hydrogens (primary N) is 1. The van der Waals surface area contributed by atoms with Crippen molar-refractivity contribution in [3.8, 4) is 0 Å². The van der Waals surface area contributed by atoms with E-state index < -0.39 is 10.0 Å². The molecule has 0 aliphatic heterocycles. The molecule has 0 aliphatic carbocycles. The summed E-state index contributed by atoms with van der Waals surface area (Å²) in [5.74, 6) is 0.946. The number of sulfonamides is 1. The number of primary sulfonamides is 1. The molecule has 3 heterocycles. The van der Waals surface area contributed by atoms with E-state index in [0.717, 1.165) is 5.65 Å². The van der Waals surface area contributed by atoms with Gasteiger partial charge in [0, 0.05) is 19.4 Å². The Kier molecular flexibility index (Phi) is 3.51. The Morgan fingerprint density at radius 1 is 1.23 bits per heavy atom. The van der Waals surface area contributed by atoms with Gasteiger partial charge in [0.1, 0.15) is 10.7 Å². The second-order valence-electron chi connectivity index (χ2n) is 4.77. The molecule has 0 aromatic carbocycles. The second-order valence-corrected chi connectivity index (χ2v) is 6.30. The van der Waals surface area contributed by atoms with Gasteiger partial charge in [0.25, 0.3) is 0 Å². The molecule has 3 aromatic heterocycles. The maximum absolute atomic E-state index is 11.7. The normalized spacial score (nSPS) is 11.7. The van der Waals surface area contributed by atoms with E-state index in [0.29, 0.717) is 12.4 Å². The molecule has 0 saturated heterocycles. The van der Waals surface area contributed by atoms with Gasteiger partial charge in [0.2, 0.25) is 10.0 Å². The van der Waals surface area contributed by atoms with Crippen molar-refractivity contribution in [3.05, 3.63) is 48.5 Å². The lowest BCUT2D eigenvalue weighted by atomic mass is 10.4. The Morgan fingerprint density at radius 2 is 2.05 bits per heavy atom. The predicted molar refractivity (Wildman–Crippen MR) is 80.7 cm³/mol. The molecule has 8 nitrogen and oxygen atoms in total. The highest BCUT2D eigenvalue weighted by atomic mass is 32.2. The van der Waals surface area contributed by atoms with Gasteiger partial charge in [-0.05, 0) is 24.3 Å². The summed E-state index contributed by atoms with van der Waals surface area (Å²) in [4.78, 5) is 5.76. The third-order valence-electron chi connectivity index (χ3n) is 3.18. The molecule has 0 atom stereocenters. The van der Waals surface area contributed by atoms with Gasteiger partial charge in [-0.3, -0.25) is 4.40 Å². The third kappa shape index (κ3) is 2.63. The maximum atomic E-state index is 11.7. The topological polar surface area (TPSA) is 106 Å². The Morgan fingerprint density at radius 3 is 2.82 bits per heavy atom. The van der Waals surface area contributed by atoms with Crippen LogP contribution in [-0.4, -0.2) is 35.0 Å². The summed E-state index contributed by atoms with van der Waals surface area (Å²) in [5.41, 5.74) is 0.721. The first-order chi connectivity index (χ1) is 10.5. The Bertz CT molecular complexity index is 921. The minimum absolute atomic E-state index is 0.0219. The number of pyridine rings is 2. The van der Waals surface area contributed by atoms with Crippen molar-refractivity contribution in [2.45, 2.75) is 11.4 Å². The fraction of sp³-hybridized carbons (Fsp3) is 0.154. The molecule has 0 radical (unpaired) electrons. The van der Waals surface area contributed by atoms with Crippen LogP contribution in [0.4, 0.5) is 5.82 Å². The molecule has 0 spiro atoms.